The maximum Gasteiger partial charge on any atom is 0.337 e. The molecule has 0 saturated carbocycles. The minimum Gasteiger partial charge on any atom is -0.478 e. The summed E-state index contributed by atoms with van der Waals surface area (Å²) in [7, 11) is 0. The van der Waals surface area contributed by atoms with Crippen molar-refractivity contribution in [2.75, 3.05) is 25.0 Å². The Kier molecular flexibility index (Phi) is 5.26. The number of likely N-dealkylation sites (tertiary alicyclic amines) is 1. The van der Waals surface area contributed by atoms with E-state index in [2.05, 4.69) is 17.1 Å². The molecule has 1 heterocycles. The Labute approximate surface area is 124 Å². The quantitative estimate of drug-likeness (QED) is 0.875. The minimum atomic E-state index is -0.958. The maximum atomic E-state index is 11.2. The molecule has 1 atom stereocenters. The Balaban J connectivity index is 1.97. The van der Waals surface area contributed by atoms with Crippen LogP contribution >= 0.6 is 11.6 Å². The molecule has 0 bridgehead atoms. The number of piperidine rings is 1. The molecule has 0 spiro atoms. The van der Waals surface area contributed by atoms with Gasteiger partial charge in [-0.05, 0) is 51.1 Å². The number of nitrogens with one attached hydrogen (secondary N) is 1. The zero-order valence-electron chi connectivity index (χ0n) is 11.7. The topological polar surface area (TPSA) is 52.6 Å². The first-order valence-corrected chi connectivity index (χ1v) is 7.46. The SMILES string of the molecule is CC(CNc1ccc(Cl)cc1C(=O)O)N1CCCCC1. The van der Waals surface area contributed by atoms with Gasteiger partial charge in [0.05, 0.1) is 5.56 Å². The molecule has 2 N–H and O–H groups in total. The van der Waals surface area contributed by atoms with Crippen molar-refractivity contribution in [1.29, 1.82) is 0 Å². The fourth-order valence-electron chi connectivity index (χ4n) is 2.59. The molecule has 0 amide bonds. The number of nitrogens with zero attached hydrogens (tertiary/aromatic N) is 1. The Morgan fingerprint density at radius 3 is 2.75 bits per heavy atom. The van der Waals surface area contributed by atoms with E-state index < -0.39 is 5.97 Å². The van der Waals surface area contributed by atoms with Crippen molar-refractivity contribution in [2.45, 2.75) is 32.2 Å². The molecule has 1 aromatic carbocycles. The van der Waals surface area contributed by atoms with Crippen molar-refractivity contribution >= 4 is 23.3 Å². The van der Waals surface area contributed by atoms with E-state index in [4.69, 9.17) is 11.6 Å². The van der Waals surface area contributed by atoms with E-state index in [-0.39, 0.29) is 5.56 Å². The molecule has 1 aromatic rings. The van der Waals surface area contributed by atoms with E-state index in [0.29, 0.717) is 16.8 Å². The third kappa shape index (κ3) is 3.87. The highest BCUT2D eigenvalue weighted by Crippen LogP contribution is 2.21. The molecular formula is C15H21ClN2O2. The largest absolute Gasteiger partial charge is 0.478 e. The Morgan fingerprint density at radius 2 is 2.10 bits per heavy atom. The lowest BCUT2D eigenvalue weighted by atomic mass is 10.1. The van der Waals surface area contributed by atoms with Crippen LogP contribution in [0.5, 0.6) is 0 Å². The smallest absolute Gasteiger partial charge is 0.337 e. The lowest BCUT2D eigenvalue weighted by Crippen LogP contribution is -2.41. The van der Waals surface area contributed by atoms with Crippen molar-refractivity contribution in [3.8, 4) is 0 Å². The molecule has 0 aromatic heterocycles. The molecule has 20 heavy (non-hydrogen) atoms. The monoisotopic (exact) mass is 296 g/mol. The van der Waals surface area contributed by atoms with E-state index in [1.54, 1.807) is 12.1 Å². The van der Waals surface area contributed by atoms with Crippen molar-refractivity contribution in [3.05, 3.63) is 28.8 Å². The summed E-state index contributed by atoms with van der Waals surface area (Å²) in [6.45, 7) is 5.18. The molecule has 0 aliphatic carbocycles. The lowest BCUT2D eigenvalue weighted by Gasteiger charge is -2.32. The first-order valence-electron chi connectivity index (χ1n) is 7.08. The molecule has 110 valence electrons. The number of hydrogen-bond donors (Lipinski definition) is 2. The van der Waals surface area contributed by atoms with Gasteiger partial charge in [0.15, 0.2) is 0 Å². The van der Waals surface area contributed by atoms with Crippen molar-refractivity contribution in [3.63, 3.8) is 0 Å². The van der Waals surface area contributed by atoms with Crippen LogP contribution in [0.2, 0.25) is 5.02 Å². The van der Waals surface area contributed by atoms with Gasteiger partial charge >= 0.3 is 5.97 Å². The third-order valence-corrected chi connectivity index (χ3v) is 4.05. The van der Waals surface area contributed by atoms with Crippen LogP contribution in [0.1, 0.15) is 36.5 Å². The highest BCUT2D eigenvalue weighted by atomic mass is 35.5. The van der Waals surface area contributed by atoms with Crippen molar-refractivity contribution in [2.24, 2.45) is 0 Å². The second kappa shape index (κ2) is 6.95. The first kappa shape index (κ1) is 15.1. The molecule has 1 aliphatic rings. The molecular weight excluding hydrogens is 276 g/mol. The number of hydrogen-bond acceptors (Lipinski definition) is 3. The van der Waals surface area contributed by atoms with Gasteiger partial charge in [-0.15, -0.1) is 0 Å². The summed E-state index contributed by atoms with van der Waals surface area (Å²) in [5.74, 6) is -0.958. The van der Waals surface area contributed by atoms with Gasteiger partial charge in [-0.25, -0.2) is 4.79 Å². The van der Waals surface area contributed by atoms with Crippen LogP contribution in [-0.2, 0) is 0 Å². The summed E-state index contributed by atoms with van der Waals surface area (Å²) in [4.78, 5) is 13.7. The molecule has 1 saturated heterocycles. The number of anilines is 1. The maximum absolute atomic E-state index is 11.2. The molecule has 1 fully saturated rings. The number of aromatic carboxylic acids is 1. The second-order valence-corrected chi connectivity index (χ2v) is 5.76. The van der Waals surface area contributed by atoms with E-state index in [0.717, 1.165) is 19.6 Å². The summed E-state index contributed by atoms with van der Waals surface area (Å²) >= 11 is 5.85. The van der Waals surface area contributed by atoms with E-state index in [9.17, 15) is 9.90 Å². The second-order valence-electron chi connectivity index (χ2n) is 5.32. The number of halogens is 1. The van der Waals surface area contributed by atoms with Gasteiger partial charge in [-0.2, -0.15) is 0 Å². The van der Waals surface area contributed by atoms with Crippen LogP contribution in [0.4, 0.5) is 5.69 Å². The lowest BCUT2D eigenvalue weighted by molar-refractivity contribution is 0.0698. The van der Waals surface area contributed by atoms with Gasteiger partial charge < -0.3 is 10.4 Å². The average Bonchev–Trinajstić information content (AvgIpc) is 2.46. The van der Waals surface area contributed by atoms with Gasteiger partial charge in [-0.1, -0.05) is 18.0 Å². The standard InChI is InChI=1S/C15H21ClN2O2/c1-11(18-7-3-2-4-8-18)10-17-14-6-5-12(16)9-13(14)15(19)20/h5-6,9,11,17H,2-4,7-8,10H2,1H3,(H,19,20). The molecule has 5 heteroatoms. The van der Waals surface area contributed by atoms with Crippen LogP contribution < -0.4 is 5.32 Å². The molecule has 2 rings (SSSR count). The zero-order chi connectivity index (χ0) is 14.5. The molecule has 1 aliphatic heterocycles. The van der Waals surface area contributed by atoms with Gasteiger partial charge in [0.1, 0.15) is 0 Å². The number of benzene rings is 1. The summed E-state index contributed by atoms with van der Waals surface area (Å²) in [5.41, 5.74) is 0.856. The van der Waals surface area contributed by atoms with E-state index >= 15 is 0 Å². The van der Waals surface area contributed by atoms with Crippen molar-refractivity contribution < 1.29 is 9.90 Å². The molecule has 0 radical (unpaired) electrons. The van der Waals surface area contributed by atoms with Gasteiger partial charge in [-0.3, -0.25) is 4.90 Å². The van der Waals surface area contributed by atoms with Crippen LogP contribution in [0.15, 0.2) is 18.2 Å². The highest BCUT2D eigenvalue weighted by Gasteiger charge is 2.17. The molecule has 1 unspecified atom stereocenters. The number of rotatable bonds is 5. The predicted molar refractivity (Wildman–Crippen MR) is 81.8 cm³/mol. The Hall–Kier alpha value is -1.26. The van der Waals surface area contributed by atoms with Crippen LogP contribution in [-0.4, -0.2) is 41.7 Å². The fraction of sp³-hybridized carbons (Fsp3) is 0.533. The van der Waals surface area contributed by atoms with E-state index in [1.807, 2.05) is 0 Å². The van der Waals surface area contributed by atoms with Gasteiger partial charge in [0.25, 0.3) is 0 Å². The third-order valence-electron chi connectivity index (χ3n) is 3.81. The Bertz CT molecular complexity index is 473. The summed E-state index contributed by atoms with van der Waals surface area (Å²) < 4.78 is 0. The highest BCUT2D eigenvalue weighted by molar-refractivity contribution is 6.31. The van der Waals surface area contributed by atoms with Crippen LogP contribution in [0, 0.1) is 0 Å². The number of carboxylic acid groups (broad SMARTS) is 1. The average molecular weight is 297 g/mol. The van der Waals surface area contributed by atoms with Gasteiger partial charge in [0, 0.05) is 23.3 Å². The Morgan fingerprint density at radius 1 is 1.40 bits per heavy atom. The van der Waals surface area contributed by atoms with E-state index in [1.165, 1.54) is 25.3 Å². The van der Waals surface area contributed by atoms with Crippen LogP contribution in [0.25, 0.3) is 0 Å². The predicted octanol–water partition coefficient (Wildman–Crippen LogP) is 3.32. The molecule has 4 nitrogen and oxygen atoms in total. The zero-order valence-corrected chi connectivity index (χ0v) is 12.5. The van der Waals surface area contributed by atoms with Crippen LogP contribution in [0.3, 0.4) is 0 Å². The fourth-order valence-corrected chi connectivity index (χ4v) is 2.77. The summed E-state index contributed by atoms with van der Waals surface area (Å²) in [6.07, 6.45) is 3.83. The summed E-state index contributed by atoms with van der Waals surface area (Å²) in [6, 6.07) is 5.32. The van der Waals surface area contributed by atoms with Crippen molar-refractivity contribution in [1.82, 2.24) is 4.90 Å². The minimum absolute atomic E-state index is 0.225. The van der Waals surface area contributed by atoms with Gasteiger partial charge in [0.2, 0.25) is 0 Å². The summed E-state index contributed by atoms with van der Waals surface area (Å²) in [5, 5.41) is 12.9. The first-order chi connectivity index (χ1) is 9.58. The number of carboxylic acids is 1. The normalized spacial score (nSPS) is 17.7. The number of carbonyl (C=O) groups is 1.